The molecule has 12 heavy (non-hydrogen) atoms. The number of hydrogen-bond acceptors (Lipinski definition) is 4. The van der Waals surface area contributed by atoms with Crippen LogP contribution in [-0.4, -0.2) is 39.4 Å². The highest BCUT2D eigenvalue weighted by molar-refractivity contribution is 6.27. The van der Waals surface area contributed by atoms with E-state index in [1.807, 2.05) is 0 Å². The molecule has 0 heterocycles. The Kier molecular flexibility index (Phi) is 6.17. The Hall–Kier alpha value is -1.14. The van der Waals surface area contributed by atoms with E-state index in [4.69, 9.17) is 30.6 Å². The van der Waals surface area contributed by atoms with Gasteiger partial charge < -0.3 is 21.1 Å². The van der Waals surface area contributed by atoms with Crippen molar-refractivity contribution < 1.29 is 24.9 Å². The van der Waals surface area contributed by atoms with E-state index >= 15 is 0 Å². The molecule has 5 N–H and O–H groups in total. The lowest BCUT2D eigenvalue weighted by atomic mass is 10.1. The first-order valence-electron chi connectivity index (χ1n) is 3.06. The van der Waals surface area contributed by atoms with Crippen LogP contribution >= 0.6 is 0 Å². The number of aliphatic hydroxyl groups is 1. The van der Waals surface area contributed by atoms with E-state index < -0.39 is 17.5 Å². The highest BCUT2D eigenvalue weighted by atomic mass is 16.4. The van der Waals surface area contributed by atoms with Gasteiger partial charge in [0.2, 0.25) is 0 Å². The zero-order valence-electron chi connectivity index (χ0n) is 6.94. The van der Waals surface area contributed by atoms with Gasteiger partial charge in [0.1, 0.15) is 0 Å². The minimum atomic E-state index is -1.82. The van der Waals surface area contributed by atoms with Crippen molar-refractivity contribution in [2.24, 2.45) is 5.73 Å². The van der Waals surface area contributed by atoms with Crippen LogP contribution in [0.15, 0.2) is 0 Å². The van der Waals surface area contributed by atoms with Gasteiger partial charge in [-0.1, -0.05) is 0 Å². The minimum absolute atomic E-state index is 0.0486. The van der Waals surface area contributed by atoms with E-state index in [1.165, 1.54) is 0 Å². The van der Waals surface area contributed by atoms with Crippen molar-refractivity contribution in [1.29, 1.82) is 0 Å². The molecule has 0 aromatic heterocycles. The van der Waals surface area contributed by atoms with Crippen LogP contribution in [0, 0.1) is 0 Å². The number of hydrogen-bond donors (Lipinski definition) is 4. The number of aliphatic carboxylic acids is 2. The first-order chi connectivity index (χ1) is 5.20. The smallest absolute Gasteiger partial charge is 0.414 e. The summed E-state index contributed by atoms with van der Waals surface area (Å²) in [5, 5.41) is 23.1. The fourth-order valence-corrected chi connectivity index (χ4v) is 0. The molecule has 0 radical (unpaired) electrons. The summed E-state index contributed by atoms with van der Waals surface area (Å²) >= 11 is 0. The van der Waals surface area contributed by atoms with E-state index in [0.29, 0.717) is 0 Å². The van der Waals surface area contributed by atoms with Crippen LogP contribution in [0.2, 0.25) is 0 Å². The second-order valence-electron chi connectivity index (χ2n) is 2.76. The quantitative estimate of drug-likeness (QED) is 0.378. The van der Waals surface area contributed by atoms with E-state index in [-0.39, 0.29) is 6.61 Å². The molecule has 0 aliphatic carbocycles. The van der Waals surface area contributed by atoms with Crippen LogP contribution in [0.4, 0.5) is 0 Å². The van der Waals surface area contributed by atoms with Gasteiger partial charge in [-0.15, -0.1) is 0 Å². The number of carboxylic acid groups (broad SMARTS) is 2. The third-order valence-electron chi connectivity index (χ3n) is 0.590. The molecule has 0 unspecified atom stereocenters. The number of nitrogens with two attached hydrogens (primary N) is 1. The van der Waals surface area contributed by atoms with Crippen molar-refractivity contribution in [2.75, 3.05) is 6.61 Å². The Labute approximate surface area is 69.6 Å². The molecule has 0 amide bonds. The van der Waals surface area contributed by atoms with Gasteiger partial charge >= 0.3 is 11.9 Å². The van der Waals surface area contributed by atoms with Crippen LogP contribution < -0.4 is 5.73 Å². The first-order valence-corrected chi connectivity index (χ1v) is 3.06. The first kappa shape index (κ1) is 13.4. The van der Waals surface area contributed by atoms with Gasteiger partial charge in [-0.25, -0.2) is 9.59 Å². The number of carbonyl (C=O) groups is 2. The summed E-state index contributed by atoms with van der Waals surface area (Å²) in [6.45, 7) is 3.59. The van der Waals surface area contributed by atoms with Gasteiger partial charge in [0.15, 0.2) is 0 Å². The van der Waals surface area contributed by atoms with Crippen LogP contribution in [0.1, 0.15) is 13.8 Å². The number of aliphatic hydroxyl groups excluding tert-OH is 1. The molecule has 0 aliphatic heterocycles. The zero-order chi connectivity index (χ0) is 10.4. The summed E-state index contributed by atoms with van der Waals surface area (Å²) < 4.78 is 0. The molecule has 0 bridgehead atoms. The highest BCUT2D eigenvalue weighted by Crippen LogP contribution is 1.89. The maximum Gasteiger partial charge on any atom is 0.414 e. The summed E-state index contributed by atoms with van der Waals surface area (Å²) in [5.74, 6) is -3.65. The molecular formula is C6H13NO5. The highest BCUT2D eigenvalue weighted by Gasteiger charge is 2.05. The Bertz CT molecular complexity index is 148. The van der Waals surface area contributed by atoms with Crippen LogP contribution in [0.25, 0.3) is 0 Å². The molecule has 0 rings (SSSR count). The van der Waals surface area contributed by atoms with Crippen molar-refractivity contribution in [3.8, 4) is 0 Å². The number of rotatable bonds is 1. The third kappa shape index (κ3) is 15.9. The fourth-order valence-electron chi connectivity index (χ4n) is 0. The lowest BCUT2D eigenvalue weighted by Crippen LogP contribution is -2.35. The van der Waals surface area contributed by atoms with E-state index in [0.717, 1.165) is 0 Å². The molecule has 0 aliphatic rings. The van der Waals surface area contributed by atoms with Gasteiger partial charge in [-0.3, -0.25) is 0 Å². The Balaban J connectivity index is 0. The van der Waals surface area contributed by atoms with Crippen molar-refractivity contribution >= 4 is 11.9 Å². The standard InChI is InChI=1S/C4H11NO.C2H2O4/c1-4(2,5)3-6;3-1(4)2(5)6/h6H,3,5H2,1-2H3;(H,3,4)(H,5,6). The average molecular weight is 179 g/mol. The largest absolute Gasteiger partial charge is 0.473 e. The maximum atomic E-state index is 9.10. The van der Waals surface area contributed by atoms with E-state index in [2.05, 4.69) is 0 Å². The average Bonchev–Trinajstić information content (AvgIpc) is 1.87. The molecular weight excluding hydrogens is 166 g/mol. The molecule has 0 fully saturated rings. The van der Waals surface area contributed by atoms with Crippen molar-refractivity contribution in [3.63, 3.8) is 0 Å². The van der Waals surface area contributed by atoms with Gasteiger partial charge in [0.25, 0.3) is 0 Å². The SMILES string of the molecule is CC(C)(N)CO.O=C(O)C(=O)O. The molecule has 0 spiro atoms. The lowest BCUT2D eigenvalue weighted by Gasteiger charge is -2.12. The minimum Gasteiger partial charge on any atom is -0.473 e. The van der Waals surface area contributed by atoms with Crippen molar-refractivity contribution in [3.05, 3.63) is 0 Å². The molecule has 0 aromatic rings. The Morgan fingerprint density at radius 2 is 1.42 bits per heavy atom. The molecule has 6 heteroatoms. The fraction of sp³-hybridized carbons (Fsp3) is 0.667. The predicted octanol–water partition coefficient (Wildman–Crippen LogP) is -1.13. The molecule has 6 nitrogen and oxygen atoms in total. The number of carboxylic acids is 2. The zero-order valence-corrected chi connectivity index (χ0v) is 6.94. The van der Waals surface area contributed by atoms with Gasteiger partial charge in [-0.2, -0.15) is 0 Å². The summed E-state index contributed by atoms with van der Waals surface area (Å²) in [6.07, 6.45) is 0. The van der Waals surface area contributed by atoms with Crippen molar-refractivity contribution in [2.45, 2.75) is 19.4 Å². The third-order valence-corrected chi connectivity index (χ3v) is 0.590. The monoisotopic (exact) mass is 179 g/mol. The summed E-state index contributed by atoms with van der Waals surface area (Å²) in [4.78, 5) is 18.2. The second kappa shape index (κ2) is 5.50. The Morgan fingerprint density at radius 3 is 1.42 bits per heavy atom. The molecule has 0 atom stereocenters. The van der Waals surface area contributed by atoms with Gasteiger partial charge in [0.05, 0.1) is 6.61 Å². The van der Waals surface area contributed by atoms with Crippen LogP contribution in [0.5, 0.6) is 0 Å². The topological polar surface area (TPSA) is 121 Å². The normalized spacial score (nSPS) is 9.67. The molecule has 0 saturated heterocycles. The summed E-state index contributed by atoms with van der Waals surface area (Å²) in [7, 11) is 0. The molecule has 0 aromatic carbocycles. The Morgan fingerprint density at radius 1 is 1.25 bits per heavy atom. The second-order valence-corrected chi connectivity index (χ2v) is 2.76. The lowest BCUT2D eigenvalue weighted by molar-refractivity contribution is -0.159. The van der Waals surface area contributed by atoms with Crippen LogP contribution in [0.3, 0.4) is 0 Å². The predicted molar refractivity (Wildman–Crippen MR) is 40.6 cm³/mol. The van der Waals surface area contributed by atoms with Gasteiger partial charge in [0, 0.05) is 5.54 Å². The van der Waals surface area contributed by atoms with Crippen molar-refractivity contribution in [1.82, 2.24) is 0 Å². The maximum absolute atomic E-state index is 9.10. The summed E-state index contributed by atoms with van der Waals surface area (Å²) in [6, 6.07) is 0. The summed E-state index contributed by atoms with van der Waals surface area (Å²) in [5.41, 5.74) is 4.88. The van der Waals surface area contributed by atoms with E-state index in [1.54, 1.807) is 13.8 Å². The molecule has 72 valence electrons. The van der Waals surface area contributed by atoms with Crippen LogP contribution in [-0.2, 0) is 9.59 Å². The molecule has 0 saturated carbocycles. The van der Waals surface area contributed by atoms with E-state index in [9.17, 15) is 0 Å². The van der Waals surface area contributed by atoms with Gasteiger partial charge in [-0.05, 0) is 13.8 Å².